The predicted octanol–water partition coefficient (Wildman–Crippen LogP) is 0.00230. The van der Waals surface area contributed by atoms with E-state index in [0.29, 0.717) is 38.8 Å². The van der Waals surface area contributed by atoms with Crippen LogP contribution in [0.2, 0.25) is 0 Å². The summed E-state index contributed by atoms with van der Waals surface area (Å²) in [5.74, 6) is 0.502. The van der Waals surface area contributed by atoms with Crippen molar-refractivity contribution < 1.29 is 14.3 Å². The van der Waals surface area contributed by atoms with Gasteiger partial charge in [-0.3, -0.25) is 4.79 Å². The number of nitrogens with zero attached hydrogens (tertiary/aromatic N) is 1. The highest BCUT2D eigenvalue weighted by Crippen LogP contribution is 2.37. The molecule has 3 aliphatic heterocycles. The van der Waals surface area contributed by atoms with E-state index in [9.17, 15) is 4.79 Å². The Kier molecular flexibility index (Phi) is 2.88. The Balaban J connectivity index is 1.78. The van der Waals surface area contributed by atoms with Gasteiger partial charge in [-0.25, -0.2) is 0 Å². The van der Waals surface area contributed by atoms with Gasteiger partial charge in [-0.2, -0.15) is 0 Å². The Labute approximate surface area is 108 Å². The molecule has 0 spiro atoms. The third-order valence-corrected chi connectivity index (χ3v) is 4.34. The smallest absolute Gasteiger partial charge is 0.256 e. The molecule has 0 aromatic carbocycles. The molecule has 3 saturated heterocycles. The molecule has 1 N–H and O–H groups in total. The molecule has 0 aromatic heterocycles. The van der Waals surface area contributed by atoms with Crippen LogP contribution in [0, 0.1) is 5.92 Å². The molecule has 3 aliphatic rings. The number of hydrogen-bond donors (Lipinski definition) is 1. The minimum atomic E-state index is -0.590. The molecule has 3 rings (SSSR count). The number of fused-ring (bicyclic) bond motifs is 1. The van der Waals surface area contributed by atoms with Gasteiger partial charge in [-0.15, -0.1) is 0 Å². The zero-order chi connectivity index (χ0) is 12.8. The predicted molar refractivity (Wildman–Crippen MR) is 66.3 cm³/mol. The van der Waals surface area contributed by atoms with E-state index < -0.39 is 5.60 Å². The zero-order valence-electron chi connectivity index (χ0n) is 11.2. The Morgan fingerprint density at radius 1 is 1.33 bits per heavy atom. The number of nitrogens with one attached hydrogen (secondary N) is 1. The largest absolute Gasteiger partial charge is 0.372 e. The van der Waals surface area contributed by atoms with Gasteiger partial charge in [0, 0.05) is 38.7 Å². The van der Waals surface area contributed by atoms with Crippen LogP contribution in [0.3, 0.4) is 0 Å². The molecular formula is C13H22N2O3. The van der Waals surface area contributed by atoms with Crippen LogP contribution in [0.4, 0.5) is 0 Å². The van der Waals surface area contributed by atoms with E-state index in [-0.39, 0.29) is 11.5 Å². The van der Waals surface area contributed by atoms with Gasteiger partial charge in [-0.1, -0.05) is 0 Å². The van der Waals surface area contributed by atoms with Crippen molar-refractivity contribution in [2.45, 2.75) is 31.5 Å². The first-order valence-corrected chi connectivity index (χ1v) is 6.82. The standard InChI is InChI=1S/C13H22N2O3/c1-12(2)9-15(4-6-17-12)11(16)13-8-14-7-10(13)3-5-18-13/h10,14H,3-9H2,1-2H3/t10-,13+/m1/s1. The van der Waals surface area contributed by atoms with Gasteiger partial charge in [0.25, 0.3) is 5.91 Å². The lowest BCUT2D eigenvalue weighted by Gasteiger charge is -2.41. The quantitative estimate of drug-likeness (QED) is 0.716. The molecular weight excluding hydrogens is 232 g/mol. The molecule has 0 saturated carbocycles. The molecule has 0 radical (unpaired) electrons. The lowest BCUT2D eigenvalue weighted by atomic mass is 9.89. The molecule has 3 heterocycles. The lowest BCUT2D eigenvalue weighted by Crippen LogP contribution is -2.59. The molecule has 5 heteroatoms. The Morgan fingerprint density at radius 2 is 2.17 bits per heavy atom. The fourth-order valence-corrected chi connectivity index (χ4v) is 3.40. The number of carbonyl (C=O) groups excluding carboxylic acids is 1. The number of hydrogen-bond acceptors (Lipinski definition) is 4. The van der Waals surface area contributed by atoms with Crippen LogP contribution in [0.25, 0.3) is 0 Å². The van der Waals surface area contributed by atoms with E-state index in [1.54, 1.807) is 0 Å². The summed E-state index contributed by atoms with van der Waals surface area (Å²) in [6.07, 6.45) is 0.993. The third kappa shape index (κ3) is 1.85. The van der Waals surface area contributed by atoms with Crippen molar-refractivity contribution in [3.05, 3.63) is 0 Å². The summed E-state index contributed by atoms with van der Waals surface area (Å²) >= 11 is 0. The first-order valence-electron chi connectivity index (χ1n) is 6.82. The van der Waals surface area contributed by atoms with E-state index in [2.05, 4.69) is 5.32 Å². The average Bonchev–Trinajstić information content (AvgIpc) is 2.85. The normalized spacial score (nSPS) is 38.8. The Bertz CT molecular complexity index is 346. The van der Waals surface area contributed by atoms with Gasteiger partial charge in [0.15, 0.2) is 5.60 Å². The van der Waals surface area contributed by atoms with E-state index in [4.69, 9.17) is 9.47 Å². The number of carbonyl (C=O) groups is 1. The zero-order valence-corrected chi connectivity index (χ0v) is 11.2. The number of amides is 1. The van der Waals surface area contributed by atoms with Crippen LogP contribution in [-0.2, 0) is 14.3 Å². The van der Waals surface area contributed by atoms with Crippen molar-refractivity contribution >= 4 is 5.91 Å². The van der Waals surface area contributed by atoms with Gasteiger partial charge < -0.3 is 19.7 Å². The van der Waals surface area contributed by atoms with E-state index in [0.717, 1.165) is 13.0 Å². The molecule has 2 atom stereocenters. The van der Waals surface area contributed by atoms with Crippen molar-refractivity contribution in [1.29, 1.82) is 0 Å². The fraction of sp³-hybridized carbons (Fsp3) is 0.923. The van der Waals surface area contributed by atoms with Crippen LogP contribution in [-0.4, -0.2) is 61.4 Å². The highest BCUT2D eigenvalue weighted by Gasteiger charge is 2.55. The summed E-state index contributed by atoms with van der Waals surface area (Å²) in [7, 11) is 0. The Morgan fingerprint density at radius 3 is 2.94 bits per heavy atom. The molecule has 0 aliphatic carbocycles. The molecule has 0 aromatic rings. The monoisotopic (exact) mass is 254 g/mol. The van der Waals surface area contributed by atoms with Gasteiger partial charge in [0.2, 0.25) is 0 Å². The molecule has 3 fully saturated rings. The van der Waals surface area contributed by atoms with E-state index in [1.165, 1.54) is 0 Å². The average molecular weight is 254 g/mol. The molecule has 0 bridgehead atoms. The number of morpholine rings is 1. The maximum Gasteiger partial charge on any atom is 0.256 e. The summed E-state index contributed by atoms with van der Waals surface area (Å²) in [6.45, 7) is 8.30. The molecule has 0 unspecified atom stereocenters. The topological polar surface area (TPSA) is 50.8 Å². The summed E-state index contributed by atoms with van der Waals surface area (Å²) in [6, 6.07) is 0. The number of ether oxygens (including phenoxy) is 2. The minimum absolute atomic E-state index is 0.159. The van der Waals surface area contributed by atoms with Crippen molar-refractivity contribution in [2.24, 2.45) is 5.92 Å². The first-order chi connectivity index (χ1) is 8.54. The van der Waals surface area contributed by atoms with Crippen LogP contribution in [0.5, 0.6) is 0 Å². The summed E-state index contributed by atoms with van der Waals surface area (Å²) in [5.41, 5.74) is -0.835. The second-order valence-corrected chi connectivity index (χ2v) is 6.19. The van der Waals surface area contributed by atoms with Gasteiger partial charge in [0.05, 0.1) is 12.2 Å². The van der Waals surface area contributed by atoms with Gasteiger partial charge in [0.1, 0.15) is 0 Å². The molecule has 1 amide bonds. The van der Waals surface area contributed by atoms with Crippen LogP contribution < -0.4 is 5.32 Å². The van der Waals surface area contributed by atoms with E-state index in [1.807, 2.05) is 18.7 Å². The maximum atomic E-state index is 12.8. The Hall–Kier alpha value is -0.650. The van der Waals surface area contributed by atoms with Crippen molar-refractivity contribution in [3.63, 3.8) is 0 Å². The minimum Gasteiger partial charge on any atom is -0.372 e. The maximum absolute atomic E-state index is 12.8. The van der Waals surface area contributed by atoms with Crippen LogP contribution in [0.1, 0.15) is 20.3 Å². The molecule has 102 valence electrons. The van der Waals surface area contributed by atoms with Crippen molar-refractivity contribution in [1.82, 2.24) is 10.2 Å². The summed E-state index contributed by atoms with van der Waals surface area (Å²) < 4.78 is 11.5. The second kappa shape index (κ2) is 4.18. The van der Waals surface area contributed by atoms with Gasteiger partial charge in [-0.05, 0) is 20.3 Å². The molecule has 5 nitrogen and oxygen atoms in total. The summed E-state index contributed by atoms with van der Waals surface area (Å²) in [4.78, 5) is 14.7. The highest BCUT2D eigenvalue weighted by molar-refractivity contribution is 5.87. The van der Waals surface area contributed by atoms with Crippen molar-refractivity contribution in [2.75, 3.05) is 39.4 Å². The number of rotatable bonds is 1. The third-order valence-electron chi connectivity index (χ3n) is 4.34. The van der Waals surface area contributed by atoms with E-state index >= 15 is 0 Å². The summed E-state index contributed by atoms with van der Waals surface area (Å²) in [5, 5.41) is 3.30. The second-order valence-electron chi connectivity index (χ2n) is 6.19. The van der Waals surface area contributed by atoms with Crippen LogP contribution in [0.15, 0.2) is 0 Å². The SMILES string of the molecule is CC1(C)CN(C(=O)[C@]23CNC[C@H]2CCO3)CCO1. The first kappa shape index (κ1) is 12.4. The molecule has 18 heavy (non-hydrogen) atoms. The van der Waals surface area contributed by atoms with Crippen molar-refractivity contribution in [3.8, 4) is 0 Å². The lowest BCUT2D eigenvalue weighted by molar-refractivity contribution is -0.166. The fourth-order valence-electron chi connectivity index (χ4n) is 3.40. The highest BCUT2D eigenvalue weighted by atomic mass is 16.5. The van der Waals surface area contributed by atoms with Crippen LogP contribution >= 0.6 is 0 Å². The van der Waals surface area contributed by atoms with Gasteiger partial charge >= 0.3 is 0 Å².